The number of carboxylic acid groups (broad SMARTS) is 1. The quantitative estimate of drug-likeness (QED) is 0.814. The van der Waals surface area contributed by atoms with E-state index < -0.39 is 12.0 Å². The van der Waals surface area contributed by atoms with Gasteiger partial charge in [-0.3, -0.25) is 14.5 Å². The molecule has 0 unspecified atom stereocenters. The molecule has 5 nitrogen and oxygen atoms in total. The van der Waals surface area contributed by atoms with Crippen LogP contribution in [0.2, 0.25) is 0 Å². The van der Waals surface area contributed by atoms with Crippen LogP contribution in [0.1, 0.15) is 43.4 Å². The summed E-state index contributed by atoms with van der Waals surface area (Å²) in [6.07, 6.45) is 1.14. The molecule has 0 heterocycles. The molecule has 0 fully saturated rings. The van der Waals surface area contributed by atoms with Crippen LogP contribution in [0.4, 0.5) is 5.69 Å². The van der Waals surface area contributed by atoms with E-state index in [0.29, 0.717) is 12.1 Å². The number of anilines is 1. The summed E-state index contributed by atoms with van der Waals surface area (Å²) in [4.78, 5) is 37.2. The largest absolute Gasteiger partial charge is 0.480 e. The molecule has 1 N–H and O–H groups in total. The summed E-state index contributed by atoms with van der Waals surface area (Å²) in [6, 6.07) is 2.82. The average Bonchev–Trinajstić information content (AvgIpc) is 2.52. The molecule has 0 bridgehead atoms. The summed E-state index contributed by atoms with van der Waals surface area (Å²) in [5.41, 5.74) is 3.32. The van der Waals surface area contributed by atoms with Gasteiger partial charge in [0.1, 0.15) is 6.04 Å². The van der Waals surface area contributed by atoms with Gasteiger partial charge in [-0.15, -0.1) is 0 Å². The lowest BCUT2D eigenvalue weighted by Gasteiger charge is -2.30. The second-order valence-corrected chi connectivity index (χ2v) is 6.89. The van der Waals surface area contributed by atoms with Crippen LogP contribution in [0.25, 0.3) is 0 Å². The molecule has 0 spiro atoms. The Balaban J connectivity index is 3.19. The first-order chi connectivity index (χ1) is 11.2. The molecule has 0 radical (unpaired) electrons. The Morgan fingerprint density at radius 3 is 2.29 bits per heavy atom. The maximum atomic E-state index is 12.7. The summed E-state index contributed by atoms with van der Waals surface area (Å²) < 4.78 is 0. The maximum absolute atomic E-state index is 12.7. The number of aryl methyl sites for hydroxylation is 2. The Hall–Kier alpha value is -1.82. The topological polar surface area (TPSA) is 74.7 Å². The highest BCUT2D eigenvalue weighted by Gasteiger charge is 2.30. The summed E-state index contributed by atoms with van der Waals surface area (Å²) in [5, 5.41) is 9.36. The van der Waals surface area contributed by atoms with Crippen molar-refractivity contribution in [2.75, 3.05) is 10.7 Å². The number of benzene rings is 1. The molecule has 0 saturated carbocycles. The molecule has 0 aliphatic rings. The number of carbonyl (C=O) groups is 3. The van der Waals surface area contributed by atoms with E-state index in [2.05, 4.69) is 0 Å². The molecule has 0 aromatic heterocycles. The number of thioether (sulfide) groups is 1. The van der Waals surface area contributed by atoms with E-state index in [9.17, 15) is 19.5 Å². The highest BCUT2D eigenvalue weighted by Crippen LogP contribution is 2.30. The van der Waals surface area contributed by atoms with E-state index >= 15 is 0 Å². The van der Waals surface area contributed by atoms with E-state index in [0.717, 1.165) is 34.9 Å². The third kappa shape index (κ3) is 4.84. The van der Waals surface area contributed by atoms with Crippen molar-refractivity contribution in [2.24, 2.45) is 0 Å². The predicted molar refractivity (Wildman–Crippen MR) is 97.6 cm³/mol. The minimum Gasteiger partial charge on any atom is -0.480 e. The van der Waals surface area contributed by atoms with Crippen LogP contribution in [0.5, 0.6) is 0 Å². The number of rotatable bonds is 7. The van der Waals surface area contributed by atoms with Gasteiger partial charge < -0.3 is 5.11 Å². The van der Waals surface area contributed by atoms with Crippen molar-refractivity contribution in [3.05, 3.63) is 28.8 Å². The average molecular weight is 351 g/mol. The fourth-order valence-corrected chi connectivity index (χ4v) is 3.21. The molecular weight excluding hydrogens is 326 g/mol. The molecule has 6 heteroatoms. The second kappa shape index (κ2) is 8.87. The Kier molecular flexibility index (Phi) is 7.48. The molecule has 0 aliphatic carbocycles. The van der Waals surface area contributed by atoms with E-state index in [1.54, 1.807) is 0 Å². The van der Waals surface area contributed by atoms with Crippen LogP contribution >= 0.6 is 11.8 Å². The van der Waals surface area contributed by atoms with Crippen LogP contribution in [-0.2, 0) is 14.4 Å². The molecule has 1 aromatic rings. The zero-order valence-corrected chi connectivity index (χ0v) is 15.7. The van der Waals surface area contributed by atoms with Gasteiger partial charge in [0.05, 0.1) is 11.4 Å². The van der Waals surface area contributed by atoms with Crippen molar-refractivity contribution < 1.29 is 19.5 Å². The minimum atomic E-state index is -1.08. The highest BCUT2D eigenvalue weighted by atomic mass is 32.2. The Morgan fingerprint density at radius 2 is 1.75 bits per heavy atom. The zero-order chi connectivity index (χ0) is 18.4. The summed E-state index contributed by atoms with van der Waals surface area (Å²) in [6.45, 7) is 9.04. The van der Waals surface area contributed by atoms with Crippen molar-refractivity contribution in [1.29, 1.82) is 0 Å². The van der Waals surface area contributed by atoms with Crippen LogP contribution < -0.4 is 4.90 Å². The standard InChI is InChI=1S/C18H25NO4S/c1-6-7-16(21)24-10-15(20)19(14(5)18(22)23)17-12(3)9-8-11(2)13(17)4/h8-9,14H,6-7,10H2,1-5H3,(H,22,23)/t14-/m0/s1. The van der Waals surface area contributed by atoms with Crippen molar-refractivity contribution in [3.8, 4) is 0 Å². The summed E-state index contributed by atoms with van der Waals surface area (Å²) >= 11 is 0.954. The fourth-order valence-electron chi connectivity index (χ4n) is 2.44. The third-order valence-electron chi connectivity index (χ3n) is 3.97. The van der Waals surface area contributed by atoms with Gasteiger partial charge in [-0.05, 0) is 50.8 Å². The molecule has 0 saturated heterocycles. The number of hydrogen-bond donors (Lipinski definition) is 1. The Bertz CT molecular complexity index is 642. The molecule has 1 rings (SSSR count). The van der Waals surface area contributed by atoms with Crippen molar-refractivity contribution in [1.82, 2.24) is 0 Å². The van der Waals surface area contributed by atoms with Gasteiger partial charge in [-0.1, -0.05) is 30.8 Å². The normalized spacial score (nSPS) is 11.9. The van der Waals surface area contributed by atoms with E-state index in [1.165, 1.54) is 11.8 Å². The number of aliphatic carboxylic acids is 1. The molecule has 1 atom stereocenters. The van der Waals surface area contributed by atoms with Crippen LogP contribution in [0, 0.1) is 20.8 Å². The van der Waals surface area contributed by atoms with Gasteiger partial charge in [0, 0.05) is 6.42 Å². The van der Waals surface area contributed by atoms with Crippen LogP contribution in [0.3, 0.4) is 0 Å². The van der Waals surface area contributed by atoms with Crippen molar-refractivity contribution in [3.63, 3.8) is 0 Å². The monoisotopic (exact) mass is 351 g/mol. The zero-order valence-electron chi connectivity index (χ0n) is 14.9. The fraction of sp³-hybridized carbons (Fsp3) is 0.500. The van der Waals surface area contributed by atoms with Gasteiger partial charge in [-0.25, -0.2) is 4.79 Å². The smallest absolute Gasteiger partial charge is 0.326 e. The second-order valence-electron chi connectivity index (χ2n) is 5.86. The van der Waals surface area contributed by atoms with E-state index in [-0.39, 0.29) is 16.8 Å². The molecule has 24 heavy (non-hydrogen) atoms. The minimum absolute atomic E-state index is 0.0496. The first kappa shape index (κ1) is 20.2. The molecule has 132 valence electrons. The maximum Gasteiger partial charge on any atom is 0.326 e. The number of amides is 1. The van der Waals surface area contributed by atoms with Gasteiger partial charge in [-0.2, -0.15) is 0 Å². The van der Waals surface area contributed by atoms with E-state index in [1.807, 2.05) is 39.8 Å². The number of nitrogens with zero attached hydrogens (tertiary/aromatic N) is 1. The number of carbonyl (C=O) groups excluding carboxylic acids is 2. The van der Waals surface area contributed by atoms with Crippen LogP contribution in [0.15, 0.2) is 12.1 Å². The first-order valence-electron chi connectivity index (χ1n) is 7.98. The highest BCUT2D eigenvalue weighted by molar-refractivity contribution is 8.14. The number of hydrogen-bond acceptors (Lipinski definition) is 4. The SMILES string of the molecule is CCCC(=O)SCC(=O)N(c1c(C)ccc(C)c1C)[C@@H](C)C(=O)O. The molecular formula is C18H25NO4S. The van der Waals surface area contributed by atoms with Gasteiger partial charge in [0.15, 0.2) is 5.12 Å². The lowest BCUT2D eigenvalue weighted by Crippen LogP contribution is -2.45. The van der Waals surface area contributed by atoms with Gasteiger partial charge in [0.25, 0.3) is 0 Å². The van der Waals surface area contributed by atoms with Gasteiger partial charge in [0.2, 0.25) is 5.91 Å². The van der Waals surface area contributed by atoms with Crippen molar-refractivity contribution in [2.45, 2.75) is 53.5 Å². The Labute approximate surface area is 147 Å². The first-order valence-corrected chi connectivity index (χ1v) is 8.96. The summed E-state index contributed by atoms with van der Waals surface area (Å²) in [7, 11) is 0. The van der Waals surface area contributed by atoms with Gasteiger partial charge >= 0.3 is 5.97 Å². The molecule has 0 aliphatic heterocycles. The van der Waals surface area contributed by atoms with E-state index in [4.69, 9.17) is 0 Å². The van der Waals surface area contributed by atoms with Crippen LogP contribution in [-0.4, -0.2) is 33.9 Å². The molecule has 1 aromatic carbocycles. The van der Waals surface area contributed by atoms with Crippen molar-refractivity contribution >= 4 is 34.4 Å². The predicted octanol–water partition coefficient (Wildman–Crippen LogP) is 3.48. The lowest BCUT2D eigenvalue weighted by molar-refractivity contribution is -0.139. The molecule has 1 amide bonds. The summed E-state index contributed by atoms with van der Waals surface area (Å²) in [5.74, 6) is -1.49. The Morgan fingerprint density at radius 1 is 1.17 bits per heavy atom. The third-order valence-corrected chi connectivity index (χ3v) is 4.89. The lowest BCUT2D eigenvalue weighted by atomic mass is 10.0. The number of carboxylic acids is 1.